The third kappa shape index (κ3) is 3.46. The molecule has 3 rings (SSSR count). The molecule has 1 aliphatic rings. The topological polar surface area (TPSA) is 81.9 Å². The Hall–Kier alpha value is -2.94. The van der Waals surface area contributed by atoms with Gasteiger partial charge >= 0.3 is 0 Å². The second-order valence-corrected chi connectivity index (χ2v) is 5.39. The Bertz CT molecular complexity index is 735. The van der Waals surface area contributed by atoms with Gasteiger partial charge in [0, 0.05) is 37.6 Å². The van der Waals surface area contributed by atoms with Gasteiger partial charge in [-0.2, -0.15) is 5.26 Å². The van der Waals surface area contributed by atoms with Gasteiger partial charge in [-0.15, -0.1) is 0 Å². The molecule has 0 spiro atoms. The van der Waals surface area contributed by atoms with Crippen LogP contribution in [0, 0.1) is 11.3 Å². The lowest BCUT2D eigenvalue weighted by atomic mass is 10.1. The molecule has 1 aromatic heterocycles. The highest BCUT2D eigenvalue weighted by molar-refractivity contribution is 5.93. The predicted molar refractivity (Wildman–Crippen MR) is 86.7 cm³/mol. The Morgan fingerprint density at radius 3 is 2.70 bits per heavy atom. The van der Waals surface area contributed by atoms with Crippen molar-refractivity contribution >= 4 is 17.4 Å². The lowest BCUT2D eigenvalue weighted by Gasteiger charge is -2.26. The number of aromatic nitrogens is 2. The molecular formula is C17H17N5O. The van der Waals surface area contributed by atoms with Crippen LogP contribution in [0.2, 0.25) is 0 Å². The minimum atomic E-state index is 0.195. The largest absolute Gasteiger partial charge is 0.364 e. The van der Waals surface area contributed by atoms with E-state index in [1.165, 1.54) is 6.20 Å². The van der Waals surface area contributed by atoms with Crippen molar-refractivity contribution in [1.82, 2.24) is 9.97 Å². The zero-order valence-corrected chi connectivity index (χ0v) is 12.7. The maximum absolute atomic E-state index is 11.9. The first-order chi connectivity index (χ1) is 11.3. The number of nitrogens with one attached hydrogen (secondary N) is 1. The summed E-state index contributed by atoms with van der Waals surface area (Å²) in [6.07, 6.45) is 5.71. The number of piperidine rings is 1. The molecule has 0 unspecified atom stereocenters. The van der Waals surface area contributed by atoms with Crippen LogP contribution >= 0.6 is 0 Å². The number of rotatable bonds is 4. The number of benzene rings is 1. The van der Waals surface area contributed by atoms with E-state index in [4.69, 9.17) is 5.26 Å². The van der Waals surface area contributed by atoms with E-state index in [2.05, 4.69) is 15.3 Å². The summed E-state index contributed by atoms with van der Waals surface area (Å²) in [5.74, 6) is 0.672. The van der Waals surface area contributed by atoms with E-state index >= 15 is 0 Å². The highest BCUT2D eigenvalue weighted by Gasteiger charge is 2.19. The first-order valence-corrected chi connectivity index (χ1v) is 7.62. The van der Waals surface area contributed by atoms with E-state index in [1.54, 1.807) is 6.20 Å². The summed E-state index contributed by atoms with van der Waals surface area (Å²) < 4.78 is 0. The van der Waals surface area contributed by atoms with Gasteiger partial charge in [-0.05, 0) is 30.5 Å². The molecular weight excluding hydrogens is 290 g/mol. The number of carbonyl (C=O) groups is 1. The van der Waals surface area contributed by atoms with Crippen molar-refractivity contribution in [3.8, 4) is 6.07 Å². The predicted octanol–water partition coefficient (Wildman–Crippen LogP) is 2.48. The van der Waals surface area contributed by atoms with E-state index in [0.717, 1.165) is 30.6 Å². The van der Waals surface area contributed by atoms with Crippen molar-refractivity contribution in [2.24, 2.45) is 0 Å². The van der Waals surface area contributed by atoms with E-state index in [-0.39, 0.29) is 11.6 Å². The van der Waals surface area contributed by atoms with Crippen LogP contribution in [0.5, 0.6) is 0 Å². The molecule has 2 heterocycles. The van der Waals surface area contributed by atoms with Crippen molar-refractivity contribution in [3.05, 3.63) is 47.9 Å². The van der Waals surface area contributed by atoms with Crippen molar-refractivity contribution < 1.29 is 4.79 Å². The SMILES string of the molecule is N#Cc1nccnc1NCc1ccc(N2CCCCC2=O)cc1. The molecule has 23 heavy (non-hydrogen) atoms. The lowest BCUT2D eigenvalue weighted by molar-refractivity contribution is -0.119. The van der Waals surface area contributed by atoms with Crippen LogP contribution in [0.25, 0.3) is 0 Å². The standard InChI is InChI=1S/C17H17N5O/c18-11-15-17(20-9-8-19-15)21-12-13-4-6-14(7-5-13)22-10-2-1-3-16(22)23/h4-9H,1-3,10,12H2,(H,20,21). The molecule has 1 saturated heterocycles. The van der Waals surface area contributed by atoms with Crippen molar-refractivity contribution in [1.29, 1.82) is 5.26 Å². The smallest absolute Gasteiger partial charge is 0.226 e. The number of carbonyl (C=O) groups excluding carboxylic acids is 1. The molecule has 1 amide bonds. The number of amides is 1. The van der Waals surface area contributed by atoms with Crippen LogP contribution in [-0.2, 0) is 11.3 Å². The van der Waals surface area contributed by atoms with Crippen LogP contribution in [0.4, 0.5) is 11.5 Å². The summed E-state index contributed by atoms with van der Waals surface area (Å²) >= 11 is 0. The fraction of sp³-hybridized carbons (Fsp3) is 0.294. The minimum absolute atomic E-state index is 0.195. The molecule has 1 aliphatic heterocycles. The highest BCUT2D eigenvalue weighted by atomic mass is 16.2. The Morgan fingerprint density at radius 2 is 1.96 bits per heavy atom. The number of nitriles is 1. The van der Waals surface area contributed by atoms with Gasteiger partial charge in [-0.3, -0.25) is 4.79 Å². The molecule has 0 bridgehead atoms. The number of hydrogen-bond acceptors (Lipinski definition) is 5. The maximum Gasteiger partial charge on any atom is 0.226 e. The molecule has 0 atom stereocenters. The summed E-state index contributed by atoms with van der Waals surface area (Å²) in [7, 11) is 0. The van der Waals surface area contributed by atoms with Gasteiger partial charge in [0.15, 0.2) is 11.5 Å². The fourth-order valence-corrected chi connectivity index (χ4v) is 2.61. The van der Waals surface area contributed by atoms with Crippen LogP contribution in [-0.4, -0.2) is 22.4 Å². The molecule has 2 aromatic rings. The Labute approximate surface area is 134 Å². The number of hydrogen-bond donors (Lipinski definition) is 1. The molecule has 6 nitrogen and oxygen atoms in total. The van der Waals surface area contributed by atoms with Gasteiger partial charge in [-0.1, -0.05) is 12.1 Å². The van der Waals surface area contributed by atoms with Gasteiger partial charge in [0.1, 0.15) is 6.07 Å². The summed E-state index contributed by atoms with van der Waals surface area (Å²) in [5, 5.41) is 12.1. The normalized spacial score (nSPS) is 14.4. The van der Waals surface area contributed by atoms with Gasteiger partial charge in [0.05, 0.1) is 0 Å². The highest BCUT2D eigenvalue weighted by Crippen LogP contribution is 2.21. The minimum Gasteiger partial charge on any atom is -0.364 e. The van der Waals surface area contributed by atoms with Gasteiger partial charge in [-0.25, -0.2) is 9.97 Å². The van der Waals surface area contributed by atoms with Crippen molar-refractivity contribution in [2.45, 2.75) is 25.8 Å². The molecule has 0 saturated carbocycles. The quantitative estimate of drug-likeness (QED) is 0.938. The summed E-state index contributed by atoms with van der Waals surface area (Å²) in [4.78, 5) is 21.9. The Kier molecular flexibility index (Phi) is 4.48. The van der Waals surface area contributed by atoms with E-state index < -0.39 is 0 Å². The van der Waals surface area contributed by atoms with Crippen LogP contribution in [0.1, 0.15) is 30.5 Å². The van der Waals surface area contributed by atoms with E-state index in [0.29, 0.717) is 18.8 Å². The zero-order valence-electron chi connectivity index (χ0n) is 12.7. The first-order valence-electron chi connectivity index (χ1n) is 7.62. The molecule has 1 N–H and O–H groups in total. The molecule has 0 radical (unpaired) electrons. The fourth-order valence-electron chi connectivity index (χ4n) is 2.61. The Balaban J connectivity index is 1.66. The number of anilines is 2. The van der Waals surface area contributed by atoms with Gasteiger partial charge < -0.3 is 10.2 Å². The van der Waals surface area contributed by atoms with Crippen LogP contribution in [0.3, 0.4) is 0 Å². The van der Waals surface area contributed by atoms with Crippen LogP contribution in [0.15, 0.2) is 36.7 Å². The van der Waals surface area contributed by atoms with Crippen molar-refractivity contribution in [2.75, 3.05) is 16.8 Å². The van der Waals surface area contributed by atoms with Crippen molar-refractivity contribution in [3.63, 3.8) is 0 Å². The molecule has 6 heteroatoms. The summed E-state index contributed by atoms with van der Waals surface area (Å²) in [6.45, 7) is 1.34. The third-order valence-corrected chi connectivity index (χ3v) is 3.84. The zero-order chi connectivity index (χ0) is 16.1. The molecule has 0 aliphatic carbocycles. The maximum atomic E-state index is 11.9. The van der Waals surface area contributed by atoms with E-state index in [9.17, 15) is 4.79 Å². The molecule has 1 aromatic carbocycles. The average molecular weight is 307 g/mol. The second kappa shape index (κ2) is 6.88. The van der Waals surface area contributed by atoms with Gasteiger partial charge in [0.2, 0.25) is 5.91 Å². The number of nitrogens with zero attached hydrogens (tertiary/aromatic N) is 4. The average Bonchev–Trinajstić information content (AvgIpc) is 2.61. The lowest BCUT2D eigenvalue weighted by Crippen LogP contribution is -2.35. The third-order valence-electron chi connectivity index (χ3n) is 3.84. The Morgan fingerprint density at radius 1 is 1.17 bits per heavy atom. The molecule has 1 fully saturated rings. The summed E-state index contributed by atoms with van der Waals surface area (Å²) in [6, 6.07) is 9.89. The van der Waals surface area contributed by atoms with E-state index in [1.807, 2.05) is 35.2 Å². The second-order valence-electron chi connectivity index (χ2n) is 5.39. The van der Waals surface area contributed by atoms with Crippen LogP contribution < -0.4 is 10.2 Å². The monoisotopic (exact) mass is 307 g/mol. The summed E-state index contributed by atoms with van der Waals surface area (Å²) in [5.41, 5.74) is 2.27. The molecule has 116 valence electrons. The van der Waals surface area contributed by atoms with Gasteiger partial charge in [0.25, 0.3) is 0 Å². The first kappa shape index (κ1) is 15.0.